The molecule has 30 heavy (non-hydrogen) atoms. The molecule has 1 aliphatic carbocycles. The van der Waals surface area contributed by atoms with Gasteiger partial charge in [0.15, 0.2) is 0 Å². The number of nitrogens with zero attached hydrogens (tertiary/aromatic N) is 1. The monoisotopic (exact) mass is 414 g/mol. The number of benzene rings is 1. The first-order chi connectivity index (χ1) is 14.7. The molecule has 0 bridgehead atoms. The minimum atomic E-state index is 0.138. The van der Waals surface area contributed by atoms with Gasteiger partial charge in [0.1, 0.15) is 5.75 Å². The lowest BCUT2D eigenvalue weighted by molar-refractivity contribution is -0.122. The summed E-state index contributed by atoms with van der Waals surface area (Å²) in [6.45, 7) is 5.04. The van der Waals surface area contributed by atoms with Crippen LogP contribution in [0, 0.1) is 5.92 Å². The molecule has 2 heterocycles. The molecule has 5 nitrogen and oxygen atoms in total. The number of nitrogens with one attached hydrogen (secondary N) is 1. The largest absolute Gasteiger partial charge is 0.493 e. The zero-order chi connectivity index (χ0) is 20.8. The van der Waals surface area contributed by atoms with Crippen LogP contribution in [0.2, 0.25) is 0 Å². The number of amides is 1. The zero-order valence-electron chi connectivity index (χ0n) is 18.5. The fourth-order valence-electron chi connectivity index (χ4n) is 5.55. The number of piperidine rings is 1. The third-order valence-corrected chi connectivity index (χ3v) is 7.40. The molecule has 1 aromatic carbocycles. The van der Waals surface area contributed by atoms with E-state index in [0.29, 0.717) is 25.0 Å². The van der Waals surface area contributed by atoms with Crippen molar-refractivity contribution in [3.05, 3.63) is 29.3 Å². The van der Waals surface area contributed by atoms with E-state index in [-0.39, 0.29) is 5.91 Å². The van der Waals surface area contributed by atoms with Gasteiger partial charge in [-0.3, -0.25) is 4.79 Å². The summed E-state index contributed by atoms with van der Waals surface area (Å²) in [6, 6.07) is 7.00. The van der Waals surface area contributed by atoms with Crippen molar-refractivity contribution in [2.45, 2.75) is 69.7 Å². The highest BCUT2D eigenvalue weighted by molar-refractivity contribution is 5.76. The molecule has 2 fully saturated rings. The molecule has 0 spiro atoms. The quantitative estimate of drug-likeness (QED) is 0.701. The van der Waals surface area contributed by atoms with Crippen LogP contribution in [0.3, 0.4) is 0 Å². The highest BCUT2D eigenvalue weighted by Crippen LogP contribution is 2.37. The van der Waals surface area contributed by atoms with E-state index < -0.39 is 0 Å². The number of methoxy groups -OCH3 is 1. The van der Waals surface area contributed by atoms with Crippen LogP contribution < -0.4 is 10.1 Å². The third kappa shape index (κ3) is 5.55. The lowest BCUT2D eigenvalue weighted by Gasteiger charge is -2.35. The second-order valence-electron chi connectivity index (χ2n) is 9.35. The lowest BCUT2D eigenvalue weighted by atomic mass is 9.83. The van der Waals surface area contributed by atoms with Crippen molar-refractivity contribution >= 4 is 5.91 Å². The summed E-state index contributed by atoms with van der Waals surface area (Å²) in [5, 5.41) is 3.18. The molecule has 1 aromatic rings. The fourth-order valence-corrected chi connectivity index (χ4v) is 5.55. The van der Waals surface area contributed by atoms with E-state index in [1.165, 1.54) is 57.3 Å². The second-order valence-corrected chi connectivity index (χ2v) is 9.35. The van der Waals surface area contributed by atoms with Crippen molar-refractivity contribution in [3.63, 3.8) is 0 Å². The number of ether oxygens (including phenoxy) is 2. The molecular formula is C25H38N2O3. The Balaban J connectivity index is 1.14. The summed E-state index contributed by atoms with van der Waals surface area (Å²) >= 11 is 0. The van der Waals surface area contributed by atoms with Crippen LogP contribution in [0.4, 0.5) is 0 Å². The molecule has 166 valence electrons. The number of rotatable bonds is 8. The number of hydrogen-bond acceptors (Lipinski definition) is 4. The second kappa shape index (κ2) is 10.6. The average molecular weight is 415 g/mol. The van der Waals surface area contributed by atoms with Crippen LogP contribution in [-0.2, 0) is 16.0 Å². The van der Waals surface area contributed by atoms with E-state index in [2.05, 4.69) is 28.4 Å². The van der Waals surface area contributed by atoms with Gasteiger partial charge in [0.25, 0.3) is 0 Å². The Morgan fingerprint density at radius 3 is 2.73 bits per heavy atom. The molecule has 5 heteroatoms. The first-order valence-electron chi connectivity index (χ1n) is 12.0. The fraction of sp³-hybridized carbons (Fsp3) is 0.720. The molecule has 3 aliphatic rings. The molecule has 1 amide bonds. The normalized spacial score (nSPS) is 25.0. The Labute approximate surface area is 181 Å². The number of likely N-dealkylation sites (tertiary alicyclic amines) is 1. The molecule has 4 rings (SSSR count). The summed E-state index contributed by atoms with van der Waals surface area (Å²) in [5.74, 6) is 2.79. The van der Waals surface area contributed by atoms with Gasteiger partial charge in [0.2, 0.25) is 5.91 Å². The maximum atomic E-state index is 11.9. The standard InChI is InChI=1S/C25H38N2O3/c1-29-17-13-25(28)26-21-7-5-19(6-8-21)9-14-27-15-10-20(11-16-27)22-3-2-4-24-23(22)12-18-30-24/h2-4,19-21H,5-18H2,1H3,(H,26,28). The van der Waals surface area contributed by atoms with Crippen molar-refractivity contribution < 1.29 is 14.3 Å². The van der Waals surface area contributed by atoms with Crippen LogP contribution in [0.5, 0.6) is 5.75 Å². The van der Waals surface area contributed by atoms with Crippen molar-refractivity contribution in [1.29, 1.82) is 0 Å². The summed E-state index contributed by atoms with van der Waals surface area (Å²) in [4.78, 5) is 14.5. The number of fused-ring (bicyclic) bond motifs is 1. The predicted molar refractivity (Wildman–Crippen MR) is 119 cm³/mol. The van der Waals surface area contributed by atoms with Crippen molar-refractivity contribution in [2.75, 3.05) is 40.0 Å². The molecule has 1 N–H and O–H groups in total. The zero-order valence-corrected chi connectivity index (χ0v) is 18.5. The highest BCUT2D eigenvalue weighted by atomic mass is 16.5. The molecule has 0 radical (unpaired) electrons. The SMILES string of the molecule is COCCC(=O)NC1CCC(CCN2CCC(c3cccc4c3CCO4)CC2)CC1. The van der Waals surface area contributed by atoms with Crippen LogP contribution in [0.15, 0.2) is 18.2 Å². The van der Waals surface area contributed by atoms with Crippen molar-refractivity contribution in [2.24, 2.45) is 5.92 Å². The minimum absolute atomic E-state index is 0.138. The molecular weight excluding hydrogens is 376 g/mol. The van der Waals surface area contributed by atoms with Gasteiger partial charge in [0.05, 0.1) is 13.2 Å². The topological polar surface area (TPSA) is 50.8 Å². The average Bonchev–Trinajstić information content (AvgIpc) is 3.27. The Morgan fingerprint density at radius 2 is 1.97 bits per heavy atom. The van der Waals surface area contributed by atoms with Crippen molar-refractivity contribution in [1.82, 2.24) is 10.2 Å². The maximum absolute atomic E-state index is 11.9. The number of carbonyl (C=O) groups excluding carboxylic acids is 1. The van der Waals surface area contributed by atoms with Gasteiger partial charge in [-0.2, -0.15) is 0 Å². The Morgan fingerprint density at radius 1 is 1.17 bits per heavy atom. The smallest absolute Gasteiger partial charge is 0.222 e. The van der Waals surface area contributed by atoms with Gasteiger partial charge in [-0.05, 0) is 88.0 Å². The Kier molecular flexibility index (Phi) is 7.67. The van der Waals surface area contributed by atoms with Crippen LogP contribution in [0.25, 0.3) is 0 Å². The van der Waals surface area contributed by atoms with Gasteiger partial charge in [-0.1, -0.05) is 12.1 Å². The highest BCUT2D eigenvalue weighted by Gasteiger charge is 2.27. The van der Waals surface area contributed by atoms with Gasteiger partial charge >= 0.3 is 0 Å². The van der Waals surface area contributed by atoms with Crippen molar-refractivity contribution in [3.8, 4) is 5.75 Å². The molecule has 1 saturated carbocycles. The minimum Gasteiger partial charge on any atom is -0.493 e. The van der Waals surface area contributed by atoms with Gasteiger partial charge in [0, 0.05) is 31.6 Å². The van der Waals surface area contributed by atoms with Gasteiger partial charge < -0.3 is 19.7 Å². The maximum Gasteiger partial charge on any atom is 0.222 e. The third-order valence-electron chi connectivity index (χ3n) is 7.40. The summed E-state index contributed by atoms with van der Waals surface area (Å²) in [5.41, 5.74) is 3.03. The van der Waals surface area contributed by atoms with E-state index in [1.54, 1.807) is 12.7 Å². The summed E-state index contributed by atoms with van der Waals surface area (Å²) < 4.78 is 10.8. The van der Waals surface area contributed by atoms with Gasteiger partial charge in [-0.15, -0.1) is 0 Å². The molecule has 0 unspecified atom stereocenters. The molecule has 0 atom stereocenters. The van der Waals surface area contributed by atoms with E-state index in [0.717, 1.165) is 37.5 Å². The Bertz CT molecular complexity index is 692. The lowest BCUT2D eigenvalue weighted by Crippen LogP contribution is -2.39. The first-order valence-corrected chi connectivity index (χ1v) is 12.0. The molecule has 0 aromatic heterocycles. The predicted octanol–water partition coefficient (Wildman–Crippen LogP) is 3.90. The number of carbonyl (C=O) groups is 1. The molecule has 1 saturated heterocycles. The summed E-state index contributed by atoms with van der Waals surface area (Å²) in [6.07, 6.45) is 10.2. The van der Waals surface area contributed by atoms with E-state index in [4.69, 9.17) is 9.47 Å². The van der Waals surface area contributed by atoms with Crippen LogP contribution >= 0.6 is 0 Å². The number of hydrogen-bond donors (Lipinski definition) is 1. The molecule has 2 aliphatic heterocycles. The summed E-state index contributed by atoms with van der Waals surface area (Å²) in [7, 11) is 1.64. The van der Waals surface area contributed by atoms with E-state index >= 15 is 0 Å². The first kappa shape index (κ1) is 21.6. The Hall–Kier alpha value is -1.59. The van der Waals surface area contributed by atoms with Crippen LogP contribution in [-0.4, -0.2) is 56.8 Å². The van der Waals surface area contributed by atoms with E-state index in [1.807, 2.05) is 0 Å². The van der Waals surface area contributed by atoms with Gasteiger partial charge in [-0.25, -0.2) is 0 Å². The van der Waals surface area contributed by atoms with Crippen LogP contribution in [0.1, 0.15) is 68.4 Å². The van der Waals surface area contributed by atoms with E-state index in [9.17, 15) is 4.79 Å².